The zero-order valence-electron chi connectivity index (χ0n) is 13.8. The lowest BCUT2D eigenvalue weighted by molar-refractivity contribution is -0.120. The lowest BCUT2D eigenvalue weighted by Crippen LogP contribution is -2.28. The Morgan fingerprint density at radius 3 is 2.65 bits per heavy atom. The summed E-state index contributed by atoms with van der Waals surface area (Å²) in [5, 5.41) is 5.72. The van der Waals surface area contributed by atoms with Crippen molar-refractivity contribution in [2.45, 2.75) is 30.5 Å². The summed E-state index contributed by atoms with van der Waals surface area (Å²) in [6.07, 6.45) is 1.99. The monoisotopic (exact) mass is 376 g/mol. The summed E-state index contributed by atoms with van der Waals surface area (Å²) < 4.78 is 12.8. The van der Waals surface area contributed by atoms with Gasteiger partial charge in [-0.15, -0.1) is 0 Å². The van der Waals surface area contributed by atoms with E-state index in [1.807, 2.05) is 0 Å². The Hall–Kier alpha value is -2.68. The van der Waals surface area contributed by atoms with Gasteiger partial charge in [-0.2, -0.15) is 0 Å². The van der Waals surface area contributed by atoms with E-state index < -0.39 is 0 Å². The van der Waals surface area contributed by atoms with Crippen LogP contribution in [0.3, 0.4) is 0 Å². The number of hydrogen-bond acceptors (Lipinski definition) is 5. The standard InChI is InChI=1S/C17H17FN4O3S/c18-10-1-3-11(4-2-10)20-16(25)9-26-17-21-13(8-15(24)22-17)7-14(23)19-12-5-6-12/h1-4,8,12H,5-7,9H2,(H,19,23)(H,20,25)(H,21,22,24). The topological polar surface area (TPSA) is 104 Å². The van der Waals surface area contributed by atoms with E-state index in [-0.39, 0.29) is 46.6 Å². The summed E-state index contributed by atoms with van der Waals surface area (Å²) in [6.45, 7) is 0. The van der Waals surface area contributed by atoms with Crippen molar-refractivity contribution in [3.8, 4) is 0 Å². The first-order valence-electron chi connectivity index (χ1n) is 8.06. The van der Waals surface area contributed by atoms with Crippen LogP contribution in [0.4, 0.5) is 10.1 Å². The first-order chi connectivity index (χ1) is 12.5. The molecule has 1 aromatic carbocycles. The molecular formula is C17H17FN4O3S. The molecular weight excluding hydrogens is 359 g/mol. The Balaban J connectivity index is 1.54. The van der Waals surface area contributed by atoms with E-state index in [2.05, 4.69) is 20.6 Å². The van der Waals surface area contributed by atoms with Gasteiger partial charge in [-0.3, -0.25) is 14.4 Å². The van der Waals surface area contributed by atoms with Crippen LogP contribution in [0.25, 0.3) is 0 Å². The molecule has 3 N–H and O–H groups in total. The molecule has 0 radical (unpaired) electrons. The smallest absolute Gasteiger partial charge is 0.251 e. The highest BCUT2D eigenvalue weighted by Crippen LogP contribution is 2.19. The van der Waals surface area contributed by atoms with Crippen molar-refractivity contribution < 1.29 is 14.0 Å². The summed E-state index contributed by atoms with van der Waals surface area (Å²) in [7, 11) is 0. The molecule has 0 aliphatic heterocycles. The minimum absolute atomic E-state index is 0.0119. The Bertz CT molecular complexity index is 865. The van der Waals surface area contributed by atoms with Gasteiger partial charge in [0.25, 0.3) is 5.56 Å². The number of hydrogen-bond donors (Lipinski definition) is 3. The van der Waals surface area contributed by atoms with E-state index in [1.54, 1.807) is 0 Å². The lowest BCUT2D eigenvalue weighted by atomic mass is 10.3. The number of thioether (sulfide) groups is 1. The van der Waals surface area contributed by atoms with Gasteiger partial charge in [0.2, 0.25) is 11.8 Å². The van der Waals surface area contributed by atoms with Crippen LogP contribution in [0, 0.1) is 5.82 Å². The van der Waals surface area contributed by atoms with E-state index in [9.17, 15) is 18.8 Å². The van der Waals surface area contributed by atoms with E-state index in [0.29, 0.717) is 11.4 Å². The van der Waals surface area contributed by atoms with Crippen LogP contribution in [-0.2, 0) is 16.0 Å². The van der Waals surface area contributed by atoms with Gasteiger partial charge in [-0.05, 0) is 37.1 Å². The van der Waals surface area contributed by atoms with Crippen LogP contribution < -0.4 is 16.2 Å². The molecule has 0 spiro atoms. The lowest BCUT2D eigenvalue weighted by Gasteiger charge is -2.06. The van der Waals surface area contributed by atoms with Gasteiger partial charge < -0.3 is 15.6 Å². The van der Waals surface area contributed by atoms with Crippen molar-refractivity contribution in [1.29, 1.82) is 0 Å². The molecule has 2 amide bonds. The molecule has 2 aromatic rings. The zero-order valence-corrected chi connectivity index (χ0v) is 14.6. The average Bonchev–Trinajstić information content (AvgIpc) is 3.38. The molecule has 1 heterocycles. The van der Waals surface area contributed by atoms with Gasteiger partial charge in [-0.1, -0.05) is 11.8 Å². The molecule has 3 rings (SSSR count). The maximum absolute atomic E-state index is 12.8. The number of halogens is 1. The van der Waals surface area contributed by atoms with E-state index in [0.717, 1.165) is 24.6 Å². The van der Waals surface area contributed by atoms with Crippen LogP contribution in [0.2, 0.25) is 0 Å². The van der Waals surface area contributed by atoms with Crippen molar-refractivity contribution in [2.75, 3.05) is 11.1 Å². The molecule has 1 fully saturated rings. The molecule has 0 atom stereocenters. The third kappa shape index (κ3) is 5.69. The fourth-order valence-electron chi connectivity index (χ4n) is 2.18. The second-order valence-electron chi connectivity index (χ2n) is 5.90. The van der Waals surface area contributed by atoms with Gasteiger partial charge in [0.15, 0.2) is 5.16 Å². The van der Waals surface area contributed by atoms with Crippen molar-refractivity contribution in [3.63, 3.8) is 0 Å². The Morgan fingerprint density at radius 1 is 1.23 bits per heavy atom. The number of nitrogens with one attached hydrogen (secondary N) is 3. The number of rotatable bonds is 7. The molecule has 9 heteroatoms. The quantitative estimate of drug-likeness (QED) is 0.501. The van der Waals surface area contributed by atoms with Crippen LogP contribution in [0.5, 0.6) is 0 Å². The Kier molecular flexibility index (Phi) is 5.67. The second-order valence-corrected chi connectivity index (χ2v) is 6.87. The zero-order chi connectivity index (χ0) is 18.5. The van der Waals surface area contributed by atoms with Gasteiger partial charge in [0.1, 0.15) is 5.82 Å². The third-order valence-corrected chi connectivity index (χ3v) is 4.40. The number of benzene rings is 1. The van der Waals surface area contributed by atoms with Crippen LogP contribution in [0.15, 0.2) is 40.3 Å². The molecule has 136 valence electrons. The van der Waals surface area contributed by atoms with Gasteiger partial charge in [-0.25, -0.2) is 9.37 Å². The van der Waals surface area contributed by atoms with Gasteiger partial charge in [0, 0.05) is 17.8 Å². The maximum Gasteiger partial charge on any atom is 0.251 e. The van der Waals surface area contributed by atoms with Crippen molar-refractivity contribution in [1.82, 2.24) is 15.3 Å². The Labute approximate surface area is 152 Å². The maximum atomic E-state index is 12.8. The highest BCUT2D eigenvalue weighted by molar-refractivity contribution is 7.99. The number of H-pyrrole nitrogens is 1. The van der Waals surface area contributed by atoms with Crippen LogP contribution in [-0.4, -0.2) is 33.6 Å². The van der Waals surface area contributed by atoms with Crippen molar-refractivity contribution >= 4 is 29.3 Å². The number of aromatic amines is 1. The molecule has 0 bridgehead atoms. The molecule has 0 unspecified atom stereocenters. The SMILES string of the molecule is O=C(CSc1nc(CC(=O)NC2CC2)cc(=O)[nH]1)Nc1ccc(F)cc1. The Morgan fingerprint density at radius 2 is 1.96 bits per heavy atom. The molecule has 1 aliphatic carbocycles. The molecule has 0 saturated heterocycles. The third-order valence-electron chi connectivity index (χ3n) is 3.53. The summed E-state index contributed by atoms with van der Waals surface area (Å²) in [6, 6.07) is 6.92. The highest BCUT2D eigenvalue weighted by Gasteiger charge is 2.23. The van der Waals surface area contributed by atoms with Gasteiger partial charge >= 0.3 is 0 Å². The fourth-order valence-corrected chi connectivity index (χ4v) is 2.87. The minimum Gasteiger partial charge on any atom is -0.353 e. The van der Waals surface area contributed by atoms with Crippen LogP contribution in [0.1, 0.15) is 18.5 Å². The largest absolute Gasteiger partial charge is 0.353 e. The normalized spacial score (nSPS) is 13.3. The molecule has 1 aromatic heterocycles. The number of anilines is 1. The molecule has 26 heavy (non-hydrogen) atoms. The first kappa shape index (κ1) is 18.1. The summed E-state index contributed by atoms with van der Waals surface area (Å²) in [5.74, 6) is -0.865. The van der Waals surface area contributed by atoms with Crippen LogP contribution >= 0.6 is 11.8 Å². The predicted octanol–water partition coefficient (Wildman–Crippen LogP) is 1.46. The number of carbonyl (C=O) groups excluding carboxylic acids is 2. The van der Waals surface area contributed by atoms with Crippen molar-refractivity contribution in [3.05, 3.63) is 52.2 Å². The fraction of sp³-hybridized carbons (Fsp3) is 0.294. The highest BCUT2D eigenvalue weighted by atomic mass is 32.2. The number of amides is 2. The predicted molar refractivity (Wildman–Crippen MR) is 95.5 cm³/mol. The van der Waals surface area contributed by atoms with E-state index >= 15 is 0 Å². The number of nitrogens with zero attached hydrogens (tertiary/aromatic N) is 1. The summed E-state index contributed by atoms with van der Waals surface area (Å²) in [4.78, 5) is 42.2. The molecule has 1 aliphatic rings. The number of aromatic nitrogens is 2. The summed E-state index contributed by atoms with van der Waals surface area (Å²) in [5.41, 5.74) is 0.452. The molecule has 1 saturated carbocycles. The minimum atomic E-state index is -0.387. The van der Waals surface area contributed by atoms with Crippen molar-refractivity contribution in [2.24, 2.45) is 0 Å². The first-order valence-corrected chi connectivity index (χ1v) is 9.04. The summed E-state index contributed by atoms with van der Waals surface area (Å²) >= 11 is 1.05. The number of carbonyl (C=O) groups is 2. The average molecular weight is 376 g/mol. The van der Waals surface area contributed by atoms with Gasteiger partial charge in [0.05, 0.1) is 17.9 Å². The van der Waals surface area contributed by atoms with E-state index in [4.69, 9.17) is 0 Å². The van der Waals surface area contributed by atoms with E-state index in [1.165, 1.54) is 30.3 Å². The second kappa shape index (κ2) is 8.13. The molecule has 7 nitrogen and oxygen atoms in total.